The molecule has 0 unspecified atom stereocenters. The average Bonchev–Trinajstić information content (AvgIpc) is 2.94. The fraction of sp³-hybridized carbons (Fsp3) is 0.172. The van der Waals surface area contributed by atoms with Gasteiger partial charge in [-0.25, -0.2) is 8.42 Å². The summed E-state index contributed by atoms with van der Waals surface area (Å²) in [5.41, 5.74) is 7.79. The van der Waals surface area contributed by atoms with E-state index >= 15 is 0 Å². The van der Waals surface area contributed by atoms with Crippen LogP contribution in [0, 0.1) is 5.41 Å². The summed E-state index contributed by atoms with van der Waals surface area (Å²) in [6.45, 7) is 0.644. The minimum Gasteiger partial charge on any atom is -0.497 e. The van der Waals surface area contributed by atoms with E-state index in [0.717, 1.165) is 21.9 Å². The monoisotopic (exact) mass is 528 g/mol. The van der Waals surface area contributed by atoms with Gasteiger partial charge in [-0.15, -0.1) is 0 Å². The fourth-order valence-electron chi connectivity index (χ4n) is 4.64. The van der Waals surface area contributed by atoms with E-state index in [1.54, 1.807) is 54.5 Å². The van der Waals surface area contributed by atoms with Crippen molar-refractivity contribution in [3.8, 4) is 5.75 Å². The lowest BCUT2D eigenvalue weighted by atomic mass is 10.0. The molecule has 1 fully saturated rings. The highest BCUT2D eigenvalue weighted by atomic mass is 32.2. The molecule has 8 nitrogen and oxygen atoms in total. The van der Waals surface area contributed by atoms with Gasteiger partial charge in [0.2, 0.25) is 15.9 Å². The zero-order chi connectivity index (χ0) is 26.9. The molecular weight excluding hydrogens is 500 g/mol. The van der Waals surface area contributed by atoms with Gasteiger partial charge in [-0.2, -0.15) is 4.31 Å². The molecule has 0 bridgehead atoms. The van der Waals surface area contributed by atoms with Gasteiger partial charge in [0, 0.05) is 25.2 Å². The molecule has 5 rings (SSSR count). The van der Waals surface area contributed by atoms with Gasteiger partial charge in [0.05, 0.1) is 12.0 Å². The standard InChI is InChI=1S/C29H28N4O4S/c1-37-25-12-10-22-11-13-26(16-24(22)15-25)38(35,36)33(18-20-6-3-2-4-7-20)27-19-32(29(27)34)17-21-8-5-9-23(14-21)28(30)31/h2-16,27H,17-19H2,1H3,(H3,30,31)/t27-/m0/s1. The molecule has 4 aromatic carbocycles. The summed E-state index contributed by atoms with van der Waals surface area (Å²) in [6.07, 6.45) is 0. The van der Waals surface area contributed by atoms with Crippen molar-refractivity contribution in [3.63, 3.8) is 0 Å². The lowest BCUT2D eigenvalue weighted by molar-refractivity contribution is -0.148. The second-order valence-corrected chi connectivity index (χ2v) is 11.1. The first kappa shape index (κ1) is 25.4. The number of carbonyl (C=O) groups excluding carboxylic acids is 1. The number of fused-ring (bicyclic) bond motifs is 1. The Kier molecular flexibility index (Phi) is 6.88. The molecule has 9 heteroatoms. The van der Waals surface area contributed by atoms with Crippen molar-refractivity contribution >= 4 is 32.5 Å². The van der Waals surface area contributed by atoms with Gasteiger partial charge in [-0.05, 0) is 52.2 Å². The van der Waals surface area contributed by atoms with E-state index < -0.39 is 16.1 Å². The number of methoxy groups -OCH3 is 1. The molecule has 4 aromatic rings. The Morgan fingerprint density at radius 3 is 2.42 bits per heavy atom. The van der Waals surface area contributed by atoms with Crippen molar-refractivity contribution < 1.29 is 17.9 Å². The molecule has 1 atom stereocenters. The van der Waals surface area contributed by atoms with Crippen molar-refractivity contribution in [2.45, 2.75) is 24.0 Å². The van der Waals surface area contributed by atoms with Gasteiger partial charge in [0.15, 0.2) is 0 Å². The number of sulfonamides is 1. The largest absolute Gasteiger partial charge is 0.497 e. The van der Waals surface area contributed by atoms with Crippen molar-refractivity contribution in [2.24, 2.45) is 5.73 Å². The van der Waals surface area contributed by atoms with E-state index in [1.807, 2.05) is 48.5 Å². The Morgan fingerprint density at radius 2 is 1.71 bits per heavy atom. The van der Waals surface area contributed by atoms with Crippen molar-refractivity contribution in [1.82, 2.24) is 9.21 Å². The van der Waals surface area contributed by atoms with E-state index in [4.69, 9.17) is 15.9 Å². The predicted octanol–water partition coefficient (Wildman–Crippen LogP) is 3.73. The van der Waals surface area contributed by atoms with Crippen LogP contribution in [0.4, 0.5) is 0 Å². The van der Waals surface area contributed by atoms with Crippen LogP contribution in [0.3, 0.4) is 0 Å². The Balaban J connectivity index is 1.44. The number of nitrogens with zero attached hydrogens (tertiary/aromatic N) is 2. The second-order valence-electron chi connectivity index (χ2n) is 9.26. The maximum absolute atomic E-state index is 14.0. The summed E-state index contributed by atoms with van der Waals surface area (Å²) in [6, 6.07) is 26.0. The molecular formula is C29H28N4O4S. The first-order chi connectivity index (χ1) is 18.3. The van der Waals surface area contributed by atoms with Gasteiger partial charge in [-0.1, -0.05) is 60.7 Å². The van der Waals surface area contributed by atoms with Gasteiger partial charge in [-0.3, -0.25) is 10.2 Å². The number of β-lactam (4-membered cyclic amide) rings is 1. The molecule has 0 saturated carbocycles. The van der Waals surface area contributed by atoms with E-state index in [9.17, 15) is 13.2 Å². The molecule has 38 heavy (non-hydrogen) atoms. The number of rotatable bonds is 9. The molecule has 0 spiro atoms. The van der Waals surface area contributed by atoms with E-state index in [2.05, 4.69) is 0 Å². The Morgan fingerprint density at radius 1 is 0.974 bits per heavy atom. The lowest BCUT2D eigenvalue weighted by Gasteiger charge is -2.43. The van der Waals surface area contributed by atoms with E-state index in [1.165, 1.54) is 4.31 Å². The molecule has 1 aliphatic heterocycles. The Bertz CT molecular complexity index is 1620. The average molecular weight is 529 g/mol. The van der Waals surface area contributed by atoms with Crippen LogP contribution in [0.2, 0.25) is 0 Å². The van der Waals surface area contributed by atoms with Gasteiger partial charge < -0.3 is 15.4 Å². The summed E-state index contributed by atoms with van der Waals surface area (Å²) < 4.78 is 34.6. The van der Waals surface area contributed by atoms with Crippen LogP contribution in [0.15, 0.2) is 95.9 Å². The first-order valence-corrected chi connectivity index (χ1v) is 13.6. The van der Waals surface area contributed by atoms with Crippen molar-refractivity contribution in [1.29, 1.82) is 5.41 Å². The zero-order valence-electron chi connectivity index (χ0n) is 20.9. The molecule has 194 valence electrons. The number of hydrogen-bond acceptors (Lipinski definition) is 5. The summed E-state index contributed by atoms with van der Waals surface area (Å²) in [7, 11) is -2.45. The third-order valence-electron chi connectivity index (χ3n) is 6.76. The molecule has 1 heterocycles. The number of ether oxygens (including phenoxy) is 1. The number of nitrogens with one attached hydrogen (secondary N) is 1. The van der Waals surface area contributed by atoms with Crippen LogP contribution in [-0.4, -0.2) is 49.1 Å². The normalized spacial score (nSPS) is 15.5. The highest BCUT2D eigenvalue weighted by Crippen LogP contribution is 2.30. The summed E-state index contributed by atoms with van der Waals surface area (Å²) in [5.74, 6) is 0.319. The molecule has 3 N–H and O–H groups in total. The molecule has 0 aliphatic carbocycles. The van der Waals surface area contributed by atoms with Crippen LogP contribution in [0.25, 0.3) is 10.8 Å². The van der Waals surface area contributed by atoms with Crippen molar-refractivity contribution in [3.05, 3.63) is 108 Å². The third kappa shape index (κ3) is 4.98. The molecule has 0 radical (unpaired) electrons. The van der Waals surface area contributed by atoms with Gasteiger partial charge in [0.1, 0.15) is 17.6 Å². The number of amidine groups is 1. The summed E-state index contributed by atoms with van der Waals surface area (Å²) in [5, 5.41) is 9.27. The Hall–Kier alpha value is -4.21. The Labute approximate surface area is 221 Å². The topological polar surface area (TPSA) is 117 Å². The third-order valence-corrected chi connectivity index (χ3v) is 8.61. The maximum atomic E-state index is 14.0. The molecule has 0 aromatic heterocycles. The van der Waals surface area contributed by atoms with Crippen LogP contribution in [0.1, 0.15) is 16.7 Å². The molecule has 1 amide bonds. The number of carbonyl (C=O) groups is 1. The van der Waals surface area contributed by atoms with Crippen LogP contribution in [0.5, 0.6) is 5.75 Å². The van der Waals surface area contributed by atoms with Gasteiger partial charge >= 0.3 is 0 Å². The number of nitrogen functional groups attached to an aromatic ring is 1. The van der Waals surface area contributed by atoms with E-state index in [-0.39, 0.29) is 29.7 Å². The first-order valence-electron chi connectivity index (χ1n) is 12.1. The SMILES string of the molecule is COc1ccc2ccc(S(=O)(=O)N(Cc3ccccc3)[C@H]3CN(Cc4cccc(C(=N)N)c4)C3=O)cc2c1. The summed E-state index contributed by atoms with van der Waals surface area (Å²) >= 11 is 0. The highest BCUT2D eigenvalue weighted by Gasteiger charge is 2.46. The quantitative estimate of drug-likeness (QED) is 0.195. The summed E-state index contributed by atoms with van der Waals surface area (Å²) in [4.78, 5) is 15.1. The maximum Gasteiger partial charge on any atom is 0.244 e. The van der Waals surface area contributed by atoms with Gasteiger partial charge in [0.25, 0.3) is 0 Å². The van der Waals surface area contributed by atoms with Crippen LogP contribution in [-0.2, 0) is 27.9 Å². The van der Waals surface area contributed by atoms with E-state index in [0.29, 0.717) is 17.9 Å². The smallest absolute Gasteiger partial charge is 0.244 e. The number of likely N-dealkylation sites (tertiary alicyclic amines) is 1. The predicted molar refractivity (Wildman–Crippen MR) is 146 cm³/mol. The number of benzene rings is 4. The molecule has 1 saturated heterocycles. The van der Waals surface area contributed by atoms with Crippen LogP contribution >= 0.6 is 0 Å². The minimum absolute atomic E-state index is 0.0483. The minimum atomic E-state index is -4.02. The highest BCUT2D eigenvalue weighted by molar-refractivity contribution is 7.89. The number of nitrogens with two attached hydrogens (primary N) is 1. The van der Waals surface area contributed by atoms with Crippen molar-refractivity contribution in [2.75, 3.05) is 13.7 Å². The fourth-order valence-corrected chi connectivity index (χ4v) is 6.24. The number of amides is 1. The lowest BCUT2D eigenvalue weighted by Crippen LogP contribution is -2.64. The second kappa shape index (κ2) is 10.3. The molecule has 1 aliphatic rings. The van der Waals surface area contributed by atoms with Crippen LogP contribution < -0.4 is 10.5 Å². The zero-order valence-corrected chi connectivity index (χ0v) is 21.7. The number of hydrogen-bond donors (Lipinski definition) is 2.